The molecule has 0 amide bonds. The van der Waals surface area contributed by atoms with Gasteiger partial charge in [-0.3, -0.25) is 0 Å². The highest BCUT2D eigenvalue weighted by Gasteiger charge is 1.82. The average Bonchev–Trinajstić information content (AvgIpc) is 2.16. The first-order valence-corrected chi connectivity index (χ1v) is 3.03. The standard InChI is InChI=1S/2C4H6O2/c2*1-3-4(5)6-2/h2*3H,1H2,2H3. The van der Waals surface area contributed by atoms with Gasteiger partial charge in [0, 0.05) is 12.2 Å². The number of carbonyl (C=O) groups is 2. The fraction of sp³-hybridized carbons (Fsp3) is 0.250. The molecule has 0 aliphatic heterocycles. The van der Waals surface area contributed by atoms with Crippen molar-refractivity contribution in [2.45, 2.75) is 0 Å². The van der Waals surface area contributed by atoms with E-state index in [1.807, 2.05) is 0 Å². The molecule has 0 saturated heterocycles. The molecule has 0 aromatic heterocycles. The fourth-order valence-electron chi connectivity index (χ4n) is 0.167. The van der Waals surface area contributed by atoms with Gasteiger partial charge in [-0.05, 0) is 0 Å². The summed E-state index contributed by atoms with van der Waals surface area (Å²) in [5, 5.41) is 0. The third-order valence-electron chi connectivity index (χ3n) is 0.736. The van der Waals surface area contributed by atoms with E-state index in [1.165, 1.54) is 14.2 Å². The van der Waals surface area contributed by atoms with Crippen molar-refractivity contribution in [3.05, 3.63) is 25.3 Å². The maximum absolute atomic E-state index is 9.84. The highest BCUT2D eigenvalue weighted by Crippen LogP contribution is 1.68. The van der Waals surface area contributed by atoms with Crippen molar-refractivity contribution < 1.29 is 19.1 Å². The smallest absolute Gasteiger partial charge is 0.329 e. The van der Waals surface area contributed by atoms with Crippen molar-refractivity contribution in [3.63, 3.8) is 0 Å². The van der Waals surface area contributed by atoms with Gasteiger partial charge in [-0.25, -0.2) is 9.59 Å². The maximum Gasteiger partial charge on any atom is 0.329 e. The molecule has 0 fully saturated rings. The van der Waals surface area contributed by atoms with Gasteiger partial charge in [0.2, 0.25) is 0 Å². The zero-order valence-electron chi connectivity index (χ0n) is 7.20. The molecular weight excluding hydrogens is 160 g/mol. The van der Waals surface area contributed by atoms with Crippen molar-refractivity contribution in [3.8, 4) is 0 Å². The molecule has 12 heavy (non-hydrogen) atoms. The number of rotatable bonds is 2. The Morgan fingerprint density at radius 3 is 1.25 bits per heavy atom. The molecule has 0 saturated carbocycles. The number of ether oxygens (including phenoxy) is 2. The molecule has 0 rings (SSSR count). The molecular formula is C8H12O4. The summed E-state index contributed by atoms with van der Waals surface area (Å²) in [5.41, 5.74) is 0. The lowest BCUT2D eigenvalue weighted by Gasteiger charge is -1.83. The van der Waals surface area contributed by atoms with Crippen LogP contribution in [0.1, 0.15) is 0 Å². The van der Waals surface area contributed by atoms with Crippen LogP contribution >= 0.6 is 0 Å². The van der Waals surface area contributed by atoms with Crippen LogP contribution in [0.25, 0.3) is 0 Å². The van der Waals surface area contributed by atoms with Gasteiger partial charge in [-0.15, -0.1) is 0 Å². The molecule has 0 aromatic rings. The number of methoxy groups -OCH3 is 2. The molecule has 0 aliphatic rings. The second-order valence-electron chi connectivity index (χ2n) is 1.45. The first kappa shape index (κ1) is 13.0. The second kappa shape index (κ2) is 9.42. The minimum Gasteiger partial charge on any atom is -0.466 e. The molecule has 4 heteroatoms. The molecule has 0 N–H and O–H groups in total. The molecule has 68 valence electrons. The minimum atomic E-state index is -0.394. The Morgan fingerprint density at radius 2 is 1.25 bits per heavy atom. The van der Waals surface area contributed by atoms with E-state index in [9.17, 15) is 9.59 Å². The first-order chi connectivity index (χ1) is 5.62. The van der Waals surface area contributed by atoms with E-state index in [1.54, 1.807) is 0 Å². The van der Waals surface area contributed by atoms with E-state index in [2.05, 4.69) is 22.6 Å². The number of hydrogen-bond acceptors (Lipinski definition) is 4. The highest BCUT2D eigenvalue weighted by atomic mass is 16.5. The summed E-state index contributed by atoms with van der Waals surface area (Å²) in [4.78, 5) is 19.7. The summed E-state index contributed by atoms with van der Waals surface area (Å²) in [5.74, 6) is -0.787. The van der Waals surface area contributed by atoms with Crippen molar-refractivity contribution in [2.75, 3.05) is 14.2 Å². The quantitative estimate of drug-likeness (QED) is 0.454. The number of hydrogen-bond donors (Lipinski definition) is 0. The van der Waals surface area contributed by atoms with Crippen LogP contribution in [0, 0.1) is 0 Å². The largest absolute Gasteiger partial charge is 0.466 e. The Morgan fingerprint density at radius 1 is 1.00 bits per heavy atom. The number of esters is 2. The van der Waals surface area contributed by atoms with Crippen LogP contribution in [-0.4, -0.2) is 26.2 Å². The average molecular weight is 172 g/mol. The van der Waals surface area contributed by atoms with E-state index in [4.69, 9.17) is 0 Å². The summed E-state index contributed by atoms with van der Waals surface area (Å²) < 4.78 is 8.28. The Bertz CT molecular complexity index is 152. The lowest BCUT2D eigenvalue weighted by molar-refractivity contribution is -0.135. The summed E-state index contributed by atoms with van der Waals surface area (Å²) in [6, 6.07) is 0. The molecule has 0 atom stereocenters. The zero-order valence-corrected chi connectivity index (χ0v) is 7.20. The van der Waals surface area contributed by atoms with E-state index < -0.39 is 11.9 Å². The summed E-state index contributed by atoms with van der Waals surface area (Å²) in [6.45, 7) is 6.31. The molecule has 0 unspecified atom stereocenters. The third-order valence-corrected chi connectivity index (χ3v) is 0.736. The van der Waals surface area contributed by atoms with Gasteiger partial charge in [-0.1, -0.05) is 13.2 Å². The fourth-order valence-corrected chi connectivity index (χ4v) is 0.167. The van der Waals surface area contributed by atoms with Crippen molar-refractivity contribution in [1.29, 1.82) is 0 Å². The van der Waals surface area contributed by atoms with Crippen LogP contribution in [-0.2, 0) is 19.1 Å². The van der Waals surface area contributed by atoms with Crippen molar-refractivity contribution >= 4 is 11.9 Å². The van der Waals surface area contributed by atoms with Crippen LogP contribution in [0.4, 0.5) is 0 Å². The normalized spacial score (nSPS) is 6.83. The number of carbonyl (C=O) groups excluding carboxylic acids is 2. The van der Waals surface area contributed by atoms with Gasteiger partial charge >= 0.3 is 11.9 Å². The molecule has 0 bridgehead atoms. The van der Waals surface area contributed by atoms with E-state index in [0.29, 0.717) is 0 Å². The van der Waals surface area contributed by atoms with Gasteiger partial charge in [0.25, 0.3) is 0 Å². The van der Waals surface area contributed by atoms with Crippen LogP contribution in [0.3, 0.4) is 0 Å². The minimum absolute atomic E-state index is 0.394. The maximum atomic E-state index is 9.84. The Kier molecular flexibility index (Phi) is 10.2. The SMILES string of the molecule is C=CC(=O)OC.C=CC(=O)OC. The van der Waals surface area contributed by atoms with Gasteiger partial charge in [-0.2, -0.15) is 0 Å². The Labute approximate surface area is 71.5 Å². The molecule has 4 nitrogen and oxygen atoms in total. The van der Waals surface area contributed by atoms with Gasteiger partial charge < -0.3 is 9.47 Å². The van der Waals surface area contributed by atoms with Crippen molar-refractivity contribution in [2.24, 2.45) is 0 Å². The van der Waals surface area contributed by atoms with Gasteiger partial charge in [0.05, 0.1) is 14.2 Å². The van der Waals surface area contributed by atoms with Gasteiger partial charge in [0.1, 0.15) is 0 Å². The molecule has 0 aromatic carbocycles. The van der Waals surface area contributed by atoms with Crippen LogP contribution < -0.4 is 0 Å². The van der Waals surface area contributed by atoms with E-state index in [0.717, 1.165) is 12.2 Å². The summed E-state index contributed by atoms with van der Waals surface area (Å²) >= 11 is 0. The topological polar surface area (TPSA) is 52.6 Å². The predicted molar refractivity (Wildman–Crippen MR) is 44.4 cm³/mol. The molecule has 0 aliphatic carbocycles. The molecule has 0 radical (unpaired) electrons. The Balaban J connectivity index is 0. The van der Waals surface area contributed by atoms with E-state index >= 15 is 0 Å². The molecule has 0 heterocycles. The van der Waals surface area contributed by atoms with Crippen LogP contribution in [0.15, 0.2) is 25.3 Å². The lowest BCUT2D eigenvalue weighted by Crippen LogP contribution is -1.91. The van der Waals surface area contributed by atoms with Crippen LogP contribution in [0.2, 0.25) is 0 Å². The van der Waals surface area contributed by atoms with E-state index in [-0.39, 0.29) is 0 Å². The summed E-state index contributed by atoms with van der Waals surface area (Å²) in [7, 11) is 2.62. The van der Waals surface area contributed by atoms with Crippen molar-refractivity contribution in [1.82, 2.24) is 0 Å². The predicted octanol–water partition coefficient (Wildman–Crippen LogP) is 0.691. The first-order valence-electron chi connectivity index (χ1n) is 3.03. The third kappa shape index (κ3) is 11.2. The monoisotopic (exact) mass is 172 g/mol. The van der Waals surface area contributed by atoms with Crippen LogP contribution in [0.5, 0.6) is 0 Å². The van der Waals surface area contributed by atoms with Gasteiger partial charge in [0.15, 0.2) is 0 Å². The second-order valence-corrected chi connectivity index (χ2v) is 1.45. The summed E-state index contributed by atoms with van der Waals surface area (Å²) in [6.07, 6.45) is 2.22. The Hall–Kier alpha value is -1.58. The highest BCUT2D eigenvalue weighted by molar-refractivity contribution is 5.81. The lowest BCUT2D eigenvalue weighted by atomic mass is 10.7. The zero-order chi connectivity index (χ0) is 9.98. The molecule has 0 spiro atoms.